The van der Waals surface area contributed by atoms with Gasteiger partial charge in [-0.1, -0.05) is 6.92 Å². The lowest BCUT2D eigenvalue weighted by molar-refractivity contribution is -0.151. The highest BCUT2D eigenvalue weighted by molar-refractivity contribution is 5.80. The Morgan fingerprint density at radius 1 is 1.39 bits per heavy atom. The molecule has 0 fully saturated rings. The monoisotopic (exact) mass is 258 g/mol. The van der Waals surface area contributed by atoms with Crippen LogP contribution >= 0.6 is 0 Å². The minimum atomic E-state index is -0.574. The lowest BCUT2D eigenvalue weighted by Crippen LogP contribution is -2.52. The highest BCUT2D eigenvalue weighted by Gasteiger charge is 2.33. The number of carbonyl (C=O) groups excluding carboxylic acids is 1. The van der Waals surface area contributed by atoms with Crippen molar-refractivity contribution in [2.45, 2.75) is 59.0 Å². The van der Waals surface area contributed by atoms with Crippen molar-refractivity contribution in [1.29, 1.82) is 0 Å². The number of esters is 1. The van der Waals surface area contributed by atoms with Crippen LogP contribution in [-0.4, -0.2) is 49.2 Å². The van der Waals surface area contributed by atoms with Gasteiger partial charge in [0.05, 0.1) is 6.61 Å². The summed E-state index contributed by atoms with van der Waals surface area (Å²) >= 11 is 0. The molecule has 0 rings (SSSR count). The number of hydrogen-bond acceptors (Lipinski definition) is 4. The van der Waals surface area contributed by atoms with Crippen LogP contribution in [0.3, 0.4) is 0 Å². The van der Waals surface area contributed by atoms with E-state index in [4.69, 9.17) is 4.74 Å². The zero-order valence-electron chi connectivity index (χ0n) is 12.9. The topological polar surface area (TPSA) is 41.6 Å². The smallest absolute Gasteiger partial charge is 0.326 e. The van der Waals surface area contributed by atoms with Gasteiger partial charge in [-0.05, 0) is 54.1 Å². The second-order valence-corrected chi connectivity index (χ2v) is 5.30. The second-order valence-electron chi connectivity index (χ2n) is 5.30. The van der Waals surface area contributed by atoms with Gasteiger partial charge < -0.3 is 15.0 Å². The minimum absolute atomic E-state index is 0.143. The van der Waals surface area contributed by atoms with Crippen molar-refractivity contribution in [2.75, 3.05) is 26.7 Å². The summed E-state index contributed by atoms with van der Waals surface area (Å²) in [7, 11) is 2.08. The lowest BCUT2D eigenvalue weighted by atomic mass is 9.97. The van der Waals surface area contributed by atoms with Gasteiger partial charge in [-0.3, -0.25) is 4.79 Å². The van der Waals surface area contributed by atoms with E-state index in [1.54, 1.807) is 0 Å². The molecule has 1 N–H and O–H groups in total. The summed E-state index contributed by atoms with van der Waals surface area (Å²) in [5, 5.41) is 3.32. The van der Waals surface area contributed by atoms with Crippen LogP contribution < -0.4 is 5.32 Å². The summed E-state index contributed by atoms with van der Waals surface area (Å²) < 4.78 is 5.18. The summed E-state index contributed by atoms with van der Waals surface area (Å²) in [5.41, 5.74) is -0.574. The predicted octanol–water partition coefficient (Wildman–Crippen LogP) is 2.04. The van der Waals surface area contributed by atoms with Gasteiger partial charge in [-0.25, -0.2) is 0 Å². The Morgan fingerprint density at radius 2 is 2.00 bits per heavy atom. The summed E-state index contributed by atoms with van der Waals surface area (Å²) in [6.07, 6.45) is 1.77. The van der Waals surface area contributed by atoms with Crippen molar-refractivity contribution in [2.24, 2.45) is 0 Å². The molecule has 108 valence electrons. The van der Waals surface area contributed by atoms with Gasteiger partial charge in [0, 0.05) is 12.6 Å². The van der Waals surface area contributed by atoms with Crippen LogP contribution in [0.25, 0.3) is 0 Å². The fraction of sp³-hybridized carbons (Fsp3) is 0.929. The number of nitrogens with one attached hydrogen (secondary N) is 1. The molecule has 0 aliphatic carbocycles. The summed E-state index contributed by atoms with van der Waals surface area (Å²) in [6, 6.07) is 0.489. The molecule has 0 aliphatic heterocycles. The normalized spacial score (nSPS) is 14.9. The van der Waals surface area contributed by atoms with Crippen LogP contribution in [0.5, 0.6) is 0 Å². The van der Waals surface area contributed by atoms with E-state index in [1.807, 2.05) is 13.8 Å². The quantitative estimate of drug-likeness (QED) is 0.643. The minimum Gasteiger partial charge on any atom is -0.465 e. The molecule has 1 atom stereocenters. The lowest BCUT2D eigenvalue weighted by Gasteiger charge is -2.31. The Morgan fingerprint density at radius 3 is 2.44 bits per heavy atom. The number of ether oxygens (including phenoxy) is 1. The van der Waals surface area contributed by atoms with Crippen molar-refractivity contribution >= 4 is 5.97 Å². The summed E-state index contributed by atoms with van der Waals surface area (Å²) in [5.74, 6) is -0.143. The Bertz CT molecular complexity index is 244. The molecule has 0 aromatic rings. The van der Waals surface area contributed by atoms with Crippen LogP contribution in [0.4, 0.5) is 0 Å². The number of carbonyl (C=O) groups is 1. The highest BCUT2D eigenvalue weighted by Crippen LogP contribution is 2.14. The van der Waals surface area contributed by atoms with E-state index in [2.05, 4.69) is 38.0 Å². The number of rotatable bonds is 9. The molecular weight excluding hydrogens is 228 g/mol. The van der Waals surface area contributed by atoms with Crippen molar-refractivity contribution in [1.82, 2.24) is 10.2 Å². The largest absolute Gasteiger partial charge is 0.465 e. The molecule has 0 aromatic carbocycles. The number of hydrogen-bond donors (Lipinski definition) is 1. The van der Waals surface area contributed by atoms with E-state index in [-0.39, 0.29) is 5.97 Å². The van der Waals surface area contributed by atoms with Gasteiger partial charge >= 0.3 is 5.97 Å². The van der Waals surface area contributed by atoms with Gasteiger partial charge in [0.15, 0.2) is 0 Å². The molecule has 0 saturated carbocycles. The van der Waals surface area contributed by atoms with Gasteiger partial charge in [-0.15, -0.1) is 0 Å². The summed E-state index contributed by atoms with van der Waals surface area (Å²) in [4.78, 5) is 14.3. The molecule has 0 heterocycles. The summed E-state index contributed by atoms with van der Waals surface area (Å²) in [6.45, 7) is 12.3. The zero-order valence-corrected chi connectivity index (χ0v) is 12.9. The Kier molecular flexibility index (Phi) is 8.20. The molecule has 0 aliphatic rings. The van der Waals surface area contributed by atoms with Crippen LogP contribution in [-0.2, 0) is 9.53 Å². The second kappa shape index (κ2) is 8.48. The molecule has 0 radical (unpaired) electrons. The first-order chi connectivity index (χ1) is 8.37. The van der Waals surface area contributed by atoms with Gasteiger partial charge in [-0.2, -0.15) is 0 Å². The van der Waals surface area contributed by atoms with Crippen molar-refractivity contribution in [3.8, 4) is 0 Å². The SMILES string of the molecule is CCCNC(C)(CCN(C)C(C)C)C(=O)OCC. The zero-order chi connectivity index (χ0) is 14.2. The average Bonchev–Trinajstić information content (AvgIpc) is 2.33. The standard InChI is InChI=1S/C14H30N2O2/c1-7-10-15-14(5,13(17)18-8-2)9-11-16(6)12(3)4/h12,15H,7-11H2,1-6H3. The molecule has 0 saturated heterocycles. The Balaban J connectivity index is 4.50. The third kappa shape index (κ3) is 5.83. The van der Waals surface area contributed by atoms with E-state index in [1.165, 1.54) is 0 Å². The van der Waals surface area contributed by atoms with E-state index in [0.29, 0.717) is 12.6 Å². The van der Waals surface area contributed by atoms with Crippen LogP contribution in [0, 0.1) is 0 Å². The first-order valence-electron chi connectivity index (χ1n) is 6.99. The molecule has 0 bridgehead atoms. The molecule has 0 amide bonds. The molecule has 0 aromatic heterocycles. The van der Waals surface area contributed by atoms with Gasteiger partial charge in [0.2, 0.25) is 0 Å². The van der Waals surface area contributed by atoms with E-state index >= 15 is 0 Å². The molecular formula is C14H30N2O2. The molecule has 18 heavy (non-hydrogen) atoms. The molecule has 4 nitrogen and oxygen atoms in total. The number of nitrogens with zero attached hydrogens (tertiary/aromatic N) is 1. The van der Waals surface area contributed by atoms with Crippen molar-refractivity contribution < 1.29 is 9.53 Å². The van der Waals surface area contributed by atoms with Gasteiger partial charge in [0.25, 0.3) is 0 Å². The van der Waals surface area contributed by atoms with Crippen LogP contribution in [0.2, 0.25) is 0 Å². The maximum Gasteiger partial charge on any atom is 0.326 e. The fourth-order valence-corrected chi connectivity index (χ4v) is 1.61. The maximum atomic E-state index is 12.1. The van der Waals surface area contributed by atoms with Crippen LogP contribution in [0.15, 0.2) is 0 Å². The molecule has 1 unspecified atom stereocenters. The van der Waals surface area contributed by atoms with Gasteiger partial charge in [0.1, 0.15) is 5.54 Å². The maximum absolute atomic E-state index is 12.1. The first kappa shape index (κ1) is 17.4. The van der Waals surface area contributed by atoms with Crippen molar-refractivity contribution in [3.05, 3.63) is 0 Å². The Labute approximate surface area is 112 Å². The van der Waals surface area contributed by atoms with Crippen molar-refractivity contribution in [3.63, 3.8) is 0 Å². The third-order valence-corrected chi connectivity index (χ3v) is 3.34. The van der Waals surface area contributed by atoms with E-state index in [0.717, 1.165) is 25.9 Å². The fourth-order valence-electron chi connectivity index (χ4n) is 1.61. The average molecular weight is 258 g/mol. The highest BCUT2D eigenvalue weighted by atomic mass is 16.5. The van der Waals surface area contributed by atoms with E-state index in [9.17, 15) is 4.79 Å². The predicted molar refractivity (Wildman–Crippen MR) is 75.7 cm³/mol. The third-order valence-electron chi connectivity index (χ3n) is 3.34. The molecule has 0 spiro atoms. The van der Waals surface area contributed by atoms with E-state index < -0.39 is 5.54 Å². The molecule has 4 heteroatoms. The Hall–Kier alpha value is -0.610. The first-order valence-corrected chi connectivity index (χ1v) is 6.99. The van der Waals surface area contributed by atoms with Crippen LogP contribution in [0.1, 0.15) is 47.5 Å².